The molecule has 0 unspecified atom stereocenters. The summed E-state index contributed by atoms with van der Waals surface area (Å²) in [4.78, 5) is 16.5. The minimum atomic E-state index is -3.89. The molecule has 0 saturated carbocycles. The molecule has 1 atom stereocenters. The van der Waals surface area contributed by atoms with Crippen molar-refractivity contribution in [2.75, 3.05) is 18.4 Å². The lowest BCUT2D eigenvalue weighted by Gasteiger charge is -2.35. The predicted octanol–water partition coefficient (Wildman–Crippen LogP) is 4.71. The van der Waals surface area contributed by atoms with Gasteiger partial charge in [-0.2, -0.15) is 0 Å². The average molecular weight is 457 g/mol. The number of thiophene rings is 1. The summed E-state index contributed by atoms with van der Waals surface area (Å²) in [7, 11) is -2.41. The second-order valence-electron chi connectivity index (χ2n) is 7.31. The molecule has 1 aromatic heterocycles. The van der Waals surface area contributed by atoms with Crippen LogP contribution in [0.4, 0.5) is 5.69 Å². The van der Waals surface area contributed by atoms with E-state index in [4.69, 9.17) is 4.74 Å². The molecule has 0 saturated heterocycles. The zero-order valence-electron chi connectivity index (χ0n) is 17.4. The minimum Gasteiger partial charge on any atom is -0.495 e. The van der Waals surface area contributed by atoms with E-state index in [0.29, 0.717) is 23.5 Å². The largest absolute Gasteiger partial charge is 0.495 e. The highest BCUT2D eigenvalue weighted by Gasteiger charge is 2.31. The Morgan fingerprint density at radius 2 is 2.00 bits per heavy atom. The number of methoxy groups -OCH3 is 1. The highest BCUT2D eigenvalue weighted by Crippen LogP contribution is 2.36. The van der Waals surface area contributed by atoms with Crippen molar-refractivity contribution in [3.8, 4) is 5.75 Å². The van der Waals surface area contributed by atoms with E-state index < -0.39 is 10.0 Å². The topological polar surface area (TPSA) is 75.7 Å². The number of anilines is 1. The first-order chi connectivity index (χ1) is 14.9. The normalized spacial score (nSPS) is 15.9. The summed E-state index contributed by atoms with van der Waals surface area (Å²) in [5, 5.41) is 2.07. The van der Waals surface area contributed by atoms with Crippen LogP contribution in [0.5, 0.6) is 5.75 Å². The molecule has 4 rings (SSSR count). The lowest BCUT2D eigenvalue weighted by atomic mass is 9.97. The molecule has 8 heteroatoms. The third-order valence-electron chi connectivity index (χ3n) is 5.49. The summed E-state index contributed by atoms with van der Waals surface area (Å²) >= 11 is 1.73. The van der Waals surface area contributed by atoms with Gasteiger partial charge in [0.2, 0.25) is 0 Å². The van der Waals surface area contributed by atoms with Crippen molar-refractivity contribution in [3.63, 3.8) is 0 Å². The molecular weight excluding hydrogens is 432 g/mol. The van der Waals surface area contributed by atoms with Gasteiger partial charge in [0, 0.05) is 17.0 Å². The van der Waals surface area contributed by atoms with Crippen LogP contribution in [0.25, 0.3) is 0 Å². The number of carbonyl (C=O) groups excluding carboxylic acids is 1. The smallest absolute Gasteiger partial charge is 0.262 e. The van der Waals surface area contributed by atoms with Gasteiger partial charge in [0.05, 0.1) is 23.7 Å². The Morgan fingerprint density at radius 3 is 2.77 bits per heavy atom. The van der Waals surface area contributed by atoms with Gasteiger partial charge in [0.15, 0.2) is 0 Å². The van der Waals surface area contributed by atoms with Crippen molar-refractivity contribution >= 4 is 33.0 Å². The van der Waals surface area contributed by atoms with Gasteiger partial charge in [-0.3, -0.25) is 9.52 Å². The lowest BCUT2D eigenvalue weighted by molar-refractivity contribution is 0.0657. The molecule has 0 bridgehead atoms. The number of nitrogens with one attached hydrogen (secondary N) is 1. The number of carbonyl (C=O) groups is 1. The van der Waals surface area contributed by atoms with Crippen LogP contribution in [0.1, 0.15) is 40.2 Å². The molecule has 162 valence electrons. The molecule has 1 aliphatic heterocycles. The second kappa shape index (κ2) is 8.72. The molecular formula is C23H24N2O4S2. The monoisotopic (exact) mass is 456 g/mol. The van der Waals surface area contributed by atoms with E-state index in [1.165, 1.54) is 29.7 Å². The number of hydrogen-bond donors (Lipinski definition) is 1. The van der Waals surface area contributed by atoms with Gasteiger partial charge in [-0.05, 0) is 60.2 Å². The van der Waals surface area contributed by atoms with Crippen LogP contribution in [0.2, 0.25) is 0 Å². The van der Waals surface area contributed by atoms with E-state index in [0.717, 1.165) is 12.8 Å². The number of fused-ring (bicyclic) bond motifs is 1. The Morgan fingerprint density at radius 1 is 1.19 bits per heavy atom. The molecule has 6 nitrogen and oxygen atoms in total. The van der Waals surface area contributed by atoms with Crippen LogP contribution < -0.4 is 9.46 Å². The molecule has 0 fully saturated rings. The van der Waals surface area contributed by atoms with Crippen molar-refractivity contribution in [2.24, 2.45) is 0 Å². The van der Waals surface area contributed by atoms with Crippen LogP contribution in [-0.4, -0.2) is 32.9 Å². The third kappa shape index (κ3) is 4.18. The van der Waals surface area contributed by atoms with Gasteiger partial charge in [0.1, 0.15) is 5.75 Å². The second-order valence-corrected chi connectivity index (χ2v) is 9.99. The molecule has 0 radical (unpaired) electrons. The molecule has 1 amide bonds. The Bertz CT molecular complexity index is 1200. The molecule has 2 heterocycles. The zero-order valence-corrected chi connectivity index (χ0v) is 19.0. The lowest BCUT2D eigenvalue weighted by Crippen LogP contribution is -2.39. The molecule has 0 aliphatic carbocycles. The van der Waals surface area contributed by atoms with Crippen LogP contribution in [0, 0.1) is 0 Å². The van der Waals surface area contributed by atoms with Crippen molar-refractivity contribution in [1.82, 2.24) is 4.90 Å². The minimum absolute atomic E-state index is 0.00877. The number of amides is 1. The van der Waals surface area contributed by atoms with E-state index in [1.54, 1.807) is 47.7 Å². The average Bonchev–Trinajstić information content (AvgIpc) is 3.27. The quantitative estimate of drug-likeness (QED) is 0.583. The number of benzene rings is 2. The maximum Gasteiger partial charge on any atom is 0.262 e. The molecule has 31 heavy (non-hydrogen) atoms. The number of ether oxygens (including phenoxy) is 1. The number of hydrogen-bond acceptors (Lipinski definition) is 5. The summed E-state index contributed by atoms with van der Waals surface area (Å²) < 4.78 is 33.7. The predicted molar refractivity (Wildman–Crippen MR) is 122 cm³/mol. The SMILES string of the molecule is CC[C@H]1c2ccsc2CCN1C(=O)c1cccc(S(=O)(=O)Nc2ccccc2OC)c1. The summed E-state index contributed by atoms with van der Waals surface area (Å²) in [5.41, 5.74) is 1.91. The Kier molecular flexibility index (Phi) is 6.02. The van der Waals surface area contributed by atoms with Gasteiger partial charge in [-0.15, -0.1) is 11.3 Å². The van der Waals surface area contributed by atoms with E-state index in [9.17, 15) is 13.2 Å². The van der Waals surface area contributed by atoms with Gasteiger partial charge >= 0.3 is 0 Å². The first-order valence-corrected chi connectivity index (χ1v) is 12.4. The zero-order chi connectivity index (χ0) is 22.0. The summed E-state index contributed by atoms with van der Waals surface area (Å²) in [6.45, 7) is 2.69. The molecule has 1 aliphatic rings. The van der Waals surface area contributed by atoms with Crippen LogP contribution >= 0.6 is 11.3 Å². The van der Waals surface area contributed by atoms with Gasteiger partial charge < -0.3 is 9.64 Å². The highest BCUT2D eigenvalue weighted by atomic mass is 32.2. The van der Waals surface area contributed by atoms with Gasteiger partial charge in [-0.1, -0.05) is 25.1 Å². The Labute approximate surface area is 186 Å². The first-order valence-electron chi connectivity index (χ1n) is 10.1. The van der Waals surface area contributed by atoms with Gasteiger partial charge in [0.25, 0.3) is 15.9 Å². The van der Waals surface area contributed by atoms with E-state index in [-0.39, 0.29) is 16.8 Å². The van der Waals surface area contributed by atoms with Crippen LogP contribution in [-0.2, 0) is 16.4 Å². The number of para-hydroxylation sites is 2. The van der Waals surface area contributed by atoms with Crippen molar-refractivity contribution < 1.29 is 17.9 Å². The fourth-order valence-electron chi connectivity index (χ4n) is 3.97. The van der Waals surface area contributed by atoms with Crippen LogP contribution in [0.15, 0.2) is 64.9 Å². The molecule has 3 aromatic rings. The highest BCUT2D eigenvalue weighted by molar-refractivity contribution is 7.92. The Balaban J connectivity index is 1.61. The number of rotatable bonds is 6. The van der Waals surface area contributed by atoms with E-state index in [1.807, 2.05) is 4.90 Å². The third-order valence-corrected chi connectivity index (χ3v) is 7.84. The molecule has 2 aromatic carbocycles. The summed E-state index contributed by atoms with van der Waals surface area (Å²) in [6, 6.07) is 15.1. The van der Waals surface area contributed by atoms with E-state index >= 15 is 0 Å². The Hall–Kier alpha value is -2.84. The standard InChI is InChI=1S/C23H24N2O4S2/c1-3-20-18-12-14-30-22(18)11-13-25(20)23(26)16-7-6-8-17(15-16)31(27,28)24-19-9-4-5-10-21(19)29-2/h4-10,12,14-15,20,24H,3,11,13H2,1-2H3/t20-/m0/s1. The first kappa shape index (κ1) is 21.4. The van der Waals surface area contributed by atoms with Crippen molar-refractivity contribution in [2.45, 2.75) is 30.7 Å². The van der Waals surface area contributed by atoms with E-state index in [2.05, 4.69) is 23.1 Å². The maximum absolute atomic E-state index is 13.3. The number of nitrogens with zero attached hydrogens (tertiary/aromatic N) is 1. The van der Waals surface area contributed by atoms with Crippen molar-refractivity contribution in [3.05, 3.63) is 76.0 Å². The summed E-state index contributed by atoms with van der Waals surface area (Å²) in [5.74, 6) is 0.266. The fraction of sp³-hybridized carbons (Fsp3) is 0.261. The fourth-order valence-corrected chi connectivity index (χ4v) is 6.02. The summed E-state index contributed by atoms with van der Waals surface area (Å²) in [6.07, 6.45) is 1.63. The van der Waals surface area contributed by atoms with Crippen molar-refractivity contribution in [1.29, 1.82) is 0 Å². The van der Waals surface area contributed by atoms with Crippen LogP contribution in [0.3, 0.4) is 0 Å². The number of sulfonamides is 1. The maximum atomic E-state index is 13.3. The molecule has 1 N–H and O–H groups in total. The van der Waals surface area contributed by atoms with Gasteiger partial charge in [-0.25, -0.2) is 8.42 Å². The molecule has 0 spiro atoms.